The lowest BCUT2D eigenvalue weighted by molar-refractivity contribution is 0.109. The molecule has 1 aromatic heterocycles. The molecule has 5 heteroatoms. The lowest BCUT2D eigenvalue weighted by atomic mass is 10.4. The Balaban J connectivity index is 2.93. The number of aromatic nitrogens is 3. The molecule has 12 heavy (non-hydrogen) atoms. The summed E-state index contributed by atoms with van der Waals surface area (Å²) in [5.41, 5.74) is 0. The van der Waals surface area contributed by atoms with Gasteiger partial charge in [-0.3, -0.25) is 0 Å². The number of halogens is 1. The number of nitrogens with zero attached hydrogens (tertiary/aromatic N) is 3. The van der Waals surface area contributed by atoms with Crippen LogP contribution in [0.15, 0.2) is 0 Å². The predicted octanol–water partition coefficient (Wildman–Crippen LogP) is 1.42. The molecule has 0 spiro atoms. The van der Waals surface area contributed by atoms with Crippen LogP contribution >= 0.6 is 15.9 Å². The van der Waals surface area contributed by atoms with Crippen molar-refractivity contribution in [3.8, 4) is 0 Å². The van der Waals surface area contributed by atoms with Crippen molar-refractivity contribution in [3.63, 3.8) is 0 Å². The molecule has 0 aliphatic rings. The summed E-state index contributed by atoms with van der Waals surface area (Å²) in [6, 6.07) is 0. The summed E-state index contributed by atoms with van der Waals surface area (Å²) in [5, 5.41) is 8.72. The molecule has 0 N–H and O–H groups in total. The van der Waals surface area contributed by atoms with Crippen LogP contribution in [0.3, 0.4) is 0 Å². The molecule has 1 aromatic rings. The van der Waals surface area contributed by atoms with Crippen LogP contribution in [-0.4, -0.2) is 21.9 Å². The maximum absolute atomic E-state index is 5.14. The Kier molecular flexibility index (Phi) is 3.22. The Labute approximate surface area is 80.1 Å². The van der Waals surface area contributed by atoms with Crippen LogP contribution in [0.5, 0.6) is 0 Å². The number of ether oxygens (including phenoxy) is 1. The van der Waals surface area contributed by atoms with E-state index in [9.17, 15) is 0 Å². The molecule has 1 unspecified atom stereocenters. The molecule has 0 saturated heterocycles. The third-order valence-electron chi connectivity index (χ3n) is 1.84. The zero-order chi connectivity index (χ0) is 9.14. The van der Waals surface area contributed by atoms with E-state index in [1.165, 1.54) is 0 Å². The zero-order valence-electron chi connectivity index (χ0n) is 7.41. The fourth-order valence-corrected chi connectivity index (χ4v) is 1.44. The van der Waals surface area contributed by atoms with E-state index in [2.05, 4.69) is 26.1 Å². The van der Waals surface area contributed by atoms with Crippen molar-refractivity contribution in [2.75, 3.05) is 7.11 Å². The van der Waals surface area contributed by atoms with Crippen LogP contribution < -0.4 is 0 Å². The second-order valence-electron chi connectivity index (χ2n) is 2.55. The Bertz CT molecular complexity index is 261. The summed E-state index contributed by atoms with van der Waals surface area (Å²) < 4.78 is 7.07. The second kappa shape index (κ2) is 4.00. The highest BCUT2D eigenvalue weighted by Gasteiger charge is 2.13. The van der Waals surface area contributed by atoms with Gasteiger partial charge in [0.1, 0.15) is 11.9 Å². The van der Waals surface area contributed by atoms with E-state index < -0.39 is 0 Å². The minimum absolute atomic E-state index is 0.00435. The molecule has 1 rings (SSSR count). The summed E-state index contributed by atoms with van der Waals surface area (Å²) in [6.07, 6.45) is -0.00435. The van der Waals surface area contributed by atoms with Gasteiger partial charge in [0.15, 0.2) is 5.82 Å². The molecule has 0 aromatic carbocycles. The molecule has 4 nitrogen and oxygen atoms in total. The van der Waals surface area contributed by atoms with Crippen molar-refractivity contribution in [2.24, 2.45) is 7.05 Å². The minimum atomic E-state index is -0.00435. The largest absolute Gasteiger partial charge is 0.374 e. The maximum Gasteiger partial charge on any atom is 0.161 e. The van der Waals surface area contributed by atoms with Gasteiger partial charge in [-0.05, 0) is 6.92 Å². The van der Waals surface area contributed by atoms with E-state index in [0.717, 1.165) is 11.6 Å². The van der Waals surface area contributed by atoms with Crippen molar-refractivity contribution < 1.29 is 4.74 Å². The van der Waals surface area contributed by atoms with Gasteiger partial charge < -0.3 is 9.30 Å². The first-order valence-corrected chi connectivity index (χ1v) is 4.79. The molecule has 0 saturated carbocycles. The summed E-state index contributed by atoms with van der Waals surface area (Å²) in [4.78, 5) is 0. The minimum Gasteiger partial charge on any atom is -0.374 e. The topological polar surface area (TPSA) is 39.9 Å². The van der Waals surface area contributed by atoms with Crippen LogP contribution in [0, 0.1) is 0 Å². The highest BCUT2D eigenvalue weighted by molar-refractivity contribution is 9.08. The monoisotopic (exact) mass is 233 g/mol. The van der Waals surface area contributed by atoms with Gasteiger partial charge in [0.05, 0.1) is 5.33 Å². The van der Waals surface area contributed by atoms with E-state index >= 15 is 0 Å². The molecule has 68 valence electrons. The quantitative estimate of drug-likeness (QED) is 0.742. The fourth-order valence-electron chi connectivity index (χ4n) is 0.951. The van der Waals surface area contributed by atoms with Gasteiger partial charge in [-0.15, -0.1) is 10.2 Å². The highest BCUT2D eigenvalue weighted by atomic mass is 79.9. The summed E-state index contributed by atoms with van der Waals surface area (Å²) >= 11 is 3.33. The van der Waals surface area contributed by atoms with E-state index in [0.29, 0.717) is 5.33 Å². The lowest BCUT2D eigenvalue weighted by Gasteiger charge is -2.08. The zero-order valence-corrected chi connectivity index (χ0v) is 9.00. The van der Waals surface area contributed by atoms with Gasteiger partial charge in [-0.25, -0.2) is 0 Å². The summed E-state index contributed by atoms with van der Waals surface area (Å²) in [6.45, 7) is 1.95. The van der Waals surface area contributed by atoms with Gasteiger partial charge in [0, 0.05) is 14.2 Å². The molecule has 1 atom stereocenters. The molecule has 1 heterocycles. The number of hydrogen-bond donors (Lipinski definition) is 0. The van der Waals surface area contributed by atoms with E-state index in [4.69, 9.17) is 4.74 Å². The molecule has 0 aliphatic heterocycles. The Hall–Kier alpha value is -0.420. The van der Waals surface area contributed by atoms with Crippen LogP contribution in [-0.2, 0) is 17.1 Å². The first kappa shape index (κ1) is 9.67. The third kappa shape index (κ3) is 1.67. The fraction of sp³-hybridized carbons (Fsp3) is 0.714. The second-order valence-corrected chi connectivity index (χ2v) is 3.11. The SMILES string of the molecule is COC(C)c1nnc(CBr)n1C. The highest BCUT2D eigenvalue weighted by Crippen LogP contribution is 2.14. The molecular formula is C7H12BrN3O. The van der Waals surface area contributed by atoms with Crippen molar-refractivity contribution in [1.82, 2.24) is 14.8 Å². The number of hydrogen-bond acceptors (Lipinski definition) is 3. The Morgan fingerprint density at radius 3 is 2.67 bits per heavy atom. The van der Waals surface area contributed by atoms with Crippen LogP contribution in [0.1, 0.15) is 24.7 Å². The van der Waals surface area contributed by atoms with Crippen molar-refractivity contribution >= 4 is 15.9 Å². The van der Waals surface area contributed by atoms with Gasteiger partial charge in [-0.1, -0.05) is 15.9 Å². The van der Waals surface area contributed by atoms with Gasteiger partial charge in [-0.2, -0.15) is 0 Å². The lowest BCUT2D eigenvalue weighted by Crippen LogP contribution is -2.06. The van der Waals surface area contributed by atoms with Crippen molar-refractivity contribution in [1.29, 1.82) is 0 Å². The predicted molar refractivity (Wildman–Crippen MR) is 49.1 cm³/mol. The first-order valence-electron chi connectivity index (χ1n) is 3.67. The molecular weight excluding hydrogens is 222 g/mol. The summed E-state index contributed by atoms with van der Waals surface area (Å²) in [7, 11) is 3.59. The first-order chi connectivity index (χ1) is 5.70. The molecule has 0 aliphatic carbocycles. The molecule has 0 bridgehead atoms. The average Bonchev–Trinajstić information content (AvgIpc) is 2.45. The third-order valence-corrected chi connectivity index (χ3v) is 2.34. The standard InChI is InChI=1S/C7H12BrN3O/c1-5(12-3)7-10-9-6(4-8)11(7)2/h5H,4H2,1-3H3. The van der Waals surface area contributed by atoms with Crippen LogP contribution in [0.25, 0.3) is 0 Å². The molecule has 0 amide bonds. The van der Waals surface area contributed by atoms with Crippen molar-refractivity contribution in [2.45, 2.75) is 18.4 Å². The number of rotatable bonds is 3. The molecule has 0 radical (unpaired) electrons. The van der Waals surface area contributed by atoms with E-state index in [-0.39, 0.29) is 6.10 Å². The summed E-state index contributed by atoms with van der Waals surface area (Å²) in [5.74, 6) is 1.76. The number of methoxy groups -OCH3 is 1. The normalized spacial score (nSPS) is 13.3. The van der Waals surface area contributed by atoms with Crippen molar-refractivity contribution in [3.05, 3.63) is 11.6 Å². The van der Waals surface area contributed by atoms with Gasteiger partial charge >= 0.3 is 0 Å². The number of alkyl halides is 1. The van der Waals surface area contributed by atoms with E-state index in [1.54, 1.807) is 7.11 Å². The molecule has 0 fully saturated rings. The Morgan fingerprint density at radius 1 is 1.58 bits per heavy atom. The van der Waals surface area contributed by atoms with Gasteiger partial charge in [0.25, 0.3) is 0 Å². The average molecular weight is 234 g/mol. The van der Waals surface area contributed by atoms with Crippen LogP contribution in [0.4, 0.5) is 0 Å². The van der Waals surface area contributed by atoms with Crippen LogP contribution in [0.2, 0.25) is 0 Å². The maximum atomic E-state index is 5.14. The van der Waals surface area contributed by atoms with Gasteiger partial charge in [0.2, 0.25) is 0 Å². The van der Waals surface area contributed by atoms with E-state index in [1.807, 2.05) is 18.5 Å². The smallest absolute Gasteiger partial charge is 0.161 e. The Morgan fingerprint density at radius 2 is 2.25 bits per heavy atom.